The molecule has 1 aromatic carbocycles. The van der Waals surface area contributed by atoms with Gasteiger partial charge in [0, 0.05) is 32.3 Å². The quantitative estimate of drug-likeness (QED) is 0.448. The summed E-state index contributed by atoms with van der Waals surface area (Å²) < 4.78 is 5.00. The highest BCUT2D eigenvalue weighted by Crippen LogP contribution is 2.29. The van der Waals surface area contributed by atoms with E-state index < -0.39 is 10.9 Å². The number of carbonyl (C=O) groups is 1. The predicted molar refractivity (Wildman–Crippen MR) is 79.5 cm³/mol. The van der Waals surface area contributed by atoms with Crippen LogP contribution in [0.2, 0.25) is 0 Å². The summed E-state index contributed by atoms with van der Waals surface area (Å²) in [5, 5.41) is 19.8. The third-order valence-electron chi connectivity index (χ3n) is 2.90. The lowest BCUT2D eigenvalue weighted by Gasteiger charge is -2.22. The number of benzene rings is 1. The van der Waals surface area contributed by atoms with Crippen LogP contribution in [0.5, 0.6) is 0 Å². The highest BCUT2D eigenvalue weighted by atomic mass is 16.6. The van der Waals surface area contributed by atoms with Gasteiger partial charge in [0.25, 0.3) is 5.69 Å². The Kier molecular flexibility index (Phi) is 6.35. The Labute approximate surface area is 122 Å². The molecule has 0 radical (unpaired) electrons. The van der Waals surface area contributed by atoms with E-state index in [9.17, 15) is 14.9 Å². The number of carboxylic acids is 1. The van der Waals surface area contributed by atoms with Gasteiger partial charge < -0.3 is 14.7 Å². The van der Waals surface area contributed by atoms with Crippen LogP contribution in [0.3, 0.4) is 0 Å². The van der Waals surface area contributed by atoms with Crippen molar-refractivity contribution in [2.45, 2.75) is 6.92 Å². The van der Waals surface area contributed by atoms with Crippen LogP contribution in [0.1, 0.15) is 12.5 Å². The largest absolute Gasteiger partial charge is 0.478 e. The molecule has 0 aromatic heterocycles. The van der Waals surface area contributed by atoms with Gasteiger partial charge in [0.1, 0.15) is 5.69 Å². The van der Waals surface area contributed by atoms with Gasteiger partial charge in [0.2, 0.25) is 0 Å². The Bertz CT molecular complexity index is 542. The van der Waals surface area contributed by atoms with Crippen molar-refractivity contribution in [2.24, 2.45) is 0 Å². The molecule has 1 rings (SSSR count). The lowest BCUT2D eigenvalue weighted by Crippen LogP contribution is -2.27. The highest BCUT2D eigenvalue weighted by Gasteiger charge is 2.18. The molecule has 0 fully saturated rings. The first-order chi connectivity index (χ1) is 9.99. The van der Waals surface area contributed by atoms with Crippen molar-refractivity contribution in [1.82, 2.24) is 0 Å². The molecule has 0 aliphatic carbocycles. The predicted octanol–water partition coefficient (Wildman–Crippen LogP) is 2.17. The Hall–Kier alpha value is -2.41. The van der Waals surface area contributed by atoms with Crippen LogP contribution in [-0.4, -0.2) is 42.8 Å². The van der Waals surface area contributed by atoms with Crippen molar-refractivity contribution in [3.63, 3.8) is 0 Å². The minimum absolute atomic E-state index is 0.0551. The summed E-state index contributed by atoms with van der Waals surface area (Å²) in [5.74, 6) is -1.10. The highest BCUT2D eigenvalue weighted by molar-refractivity contribution is 5.85. The van der Waals surface area contributed by atoms with E-state index in [2.05, 4.69) is 0 Å². The Morgan fingerprint density at radius 2 is 2.24 bits per heavy atom. The fourth-order valence-electron chi connectivity index (χ4n) is 1.88. The van der Waals surface area contributed by atoms with Gasteiger partial charge in [0.15, 0.2) is 0 Å². The van der Waals surface area contributed by atoms with Crippen molar-refractivity contribution < 1.29 is 19.6 Å². The summed E-state index contributed by atoms with van der Waals surface area (Å²) >= 11 is 0. The first kappa shape index (κ1) is 16.6. The van der Waals surface area contributed by atoms with Gasteiger partial charge in [0.05, 0.1) is 11.5 Å². The SMILES string of the molecule is CCN(CCOC)c1ccc(C=CC(=O)O)cc1[N+](=O)[O-]. The summed E-state index contributed by atoms with van der Waals surface area (Å²) in [6, 6.07) is 4.64. The van der Waals surface area contributed by atoms with Crippen molar-refractivity contribution >= 4 is 23.4 Å². The standard InChI is InChI=1S/C14H18N2O5/c1-3-15(8-9-21-2)12-6-4-11(5-7-14(17)18)10-13(12)16(19)20/h4-7,10H,3,8-9H2,1-2H3,(H,17,18). The molecule has 114 valence electrons. The third-order valence-corrected chi connectivity index (χ3v) is 2.90. The second-order valence-electron chi connectivity index (χ2n) is 4.25. The van der Waals surface area contributed by atoms with Crippen LogP contribution in [0.15, 0.2) is 24.3 Å². The second-order valence-corrected chi connectivity index (χ2v) is 4.25. The van der Waals surface area contributed by atoms with Gasteiger partial charge >= 0.3 is 5.97 Å². The van der Waals surface area contributed by atoms with E-state index in [0.717, 1.165) is 6.08 Å². The molecule has 0 atom stereocenters. The molecular formula is C14H18N2O5. The van der Waals surface area contributed by atoms with Gasteiger partial charge in [-0.2, -0.15) is 0 Å². The number of methoxy groups -OCH3 is 1. The first-order valence-corrected chi connectivity index (χ1v) is 6.43. The molecule has 0 saturated carbocycles. The minimum atomic E-state index is -1.10. The van der Waals surface area contributed by atoms with E-state index in [-0.39, 0.29) is 5.69 Å². The Balaban J connectivity index is 3.14. The molecule has 0 bridgehead atoms. The zero-order valence-corrected chi connectivity index (χ0v) is 12.0. The summed E-state index contributed by atoms with van der Waals surface area (Å²) in [5.41, 5.74) is 0.906. The number of hydrogen-bond donors (Lipinski definition) is 1. The molecule has 21 heavy (non-hydrogen) atoms. The van der Waals surface area contributed by atoms with Crippen LogP contribution in [0.25, 0.3) is 6.08 Å². The summed E-state index contributed by atoms with van der Waals surface area (Å²) in [4.78, 5) is 23.1. The fourth-order valence-corrected chi connectivity index (χ4v) is 1.88. The van der Waals surface area contributed by atoms with Crippen LogP contribution >= 0.6 is 0 Å². The fraction of sp³-hybridized carbons (Fsp3) is 0.357. The number of anilines is 1. The average molecular weight is 294 g/mol. The van der Waals surface area contributed by atoms with Gasteiger partial charge in [-0.1, -0.05) is 6.07 Å². The lowest BCUT2D eigenvalue weighted by molar-refractivity contribution is -0.384. The maximum absolute atomic E-state index is 11.2. The molecule has 7 heteroatoms. The molecule has 0 amide bonds. The van der Waals surface area contributed by atoms with Crippen molar-refractivity contribution in [3.05, 3.63) is 40.0 Å². The van der Waals surface area contributed by atoms with Crippen molar-refractivity contribution in [2.75, 3.05) is 31.7 Å². The topological polar surface area (TPSA) is 92.9 Å². The molecule has 1 aromatic rings. The maximum atomic E-state index is 11.2. The smallest absolute Gasteiger partial charge is 0.328 e. The molecule has 0 spiro atoms. The number of carboxylic acid groups (broad SMARTS) is 1. The average Bonchev–Trinajstić information content (AvgIpc) is 2.46. The normalized spacial score (nSPS) is 10.8. The minimum Gasteiger partial charge on any atom is -0.478 e. The molecule has 0 aliphatic rings. The van der Waals surface area contributed by atoms with Crippen LogP contribution < -0.4 is 4.90 Å². The summed E-state index contributed by atoms with van der Waals surface area (Å²) in [6.45, 7) is 3.51. The number of hydrogen-bond acceptors (Lipinski definition) is 5. The number of ether oxygens (including phenoxy) is 1. The van der Waals surface area contributed by atoms with E-state index in [1.54, 1.807) is 19.2 Å². The van der Waals surface area contributed by atoms with Gasteiger partial charge in [-0.25, -0.2) is 4.79 Å². The molecule has 0 unspecified atom stereocenters. The number of nitro groups is 1. The van der Waals surface area contributed by atoms with Crippen molar-refractivity contribution in [1.29, 1.82) is 0 Å². The zero-order valence-electron chi connectivity index (χ0n) is 12.0. The number of aliphatic carboxylic acids is 1. The molecular weight excluding hydrogens is 276 g/mol. The Morgan fingerprint density at radius 3 is 2.76 bits per heavy atom. The maximum Gasteiger partial charge on any atom is 0.328 e. The lowest BCUT2D eigenvalue weighted by atomic mass is 10.1. The van der Waals surface area contributed by atoms with Crippen molar-refractivity contribution in [3.8, 4) is 0 Å². The monoisotopic (exact) mass is 294 g/mol. The molecule has 0 heterocycles. The molecule has 7 nitrogen and oxygen atoms in total. The zero-order chi connectivity index (χ0) is 15.8. The molecule has 0 aliphatic heterocycles. The Morgan fingerprint density at radius 1 is 1.52 bits per heavy atom. The second kappa shape index (κ2) is 8.01. The first-order valence-electron chi connectivity index (χ1n) is 6.43. The number of nitro benzene ring substituents is 1. The summed E-state index contributed by atoms with van der Waals surface area (Å²) in [7, 11) is 1.57. The number of likely N-dealkylation sites (N-methyl/N-ethyl adjacent to an activating group) is 1. The number of rotatable bonds is 8. The van der Waals surface area contributed by atoms with Crippen LogP contribution in [0.4, 0.5) is 11.4 Å². The van der Waals surface area contributed by atoms with E-state index in [1.165, 1.54) is 12.1 Å². The number of nitrogens with zero attached hydrogens (tertiary/aromatic N) is 2. The van der Waals surface area contributed by atoms with Gasteiger partial charge in [-0.15, -0.1) is 0 Å². The molecule has 0 saturated heterocycles. The third kappa shape index (κ3) is 4.88. The van der Waals surface area contributed by atoms with E-state index >= 15 is 0 Å². The van der Waals surface area contributed by atoms with Crippen LogP contribution in [0, 0.1) is 10.1 Å². The summed E-state index contributed by atoms with van der Waals surface area (Å²) in [6.07, 6.45) is 2.27. The van der Waals surface area contributed by atoms with E-state index in [4.69, 9.17) is 9.84 Å². The van der Waals surface area contributed by atoms with Gasteiger partial charge in [-0.3, -0.25) is 10.1 Å². The van der Waals surface area contributed by atoms with E-state index in [1.807, 2.05) is 11.8 Å². The van der Waals surface area contributed by atoms with Crippen LogP contribution in [-0.2, 0) is 9.53 Å². The van der Waals surface area contributed by atoms with Gasteiger partial charge in [-0.05, 0) is 24.6 Å². The molecule has 1 N–H and O–H groups in total. The van der Waals surface area contributed by atoms with E-state index in [0.29, 0.717) is 30.9 Å².